The van der Waals surface area contributed by atoms with Crippen LogP contribution in [0.5, 0.6) is 5.75 Å². The molecule has 0 aliphatic rings. The summed E-state index contributed by atoms with van der Waals surface area (Å²) in [6.45, 7) is 2.71. The topological polar surface area (TPSA) is 30.5 Å². The van der Waals surface area contributed by atoms with Gasteiger partial charge in [-0.1, -0.05) is 17.7 Å². The van der Waals surface area contributed by atoms with E-state index in [1.807, 2.05) is 18.2 Å². The van der Waals surface area contributed by atoms with Gasteiger partial charge in [-0.15, -0.1) is 0 Å². The van der Waals surface area contributed by atoms with Crippen LogP contribution >= 0.6 is 11.6 Å². The number of benzene rings is 1. The number of halogens is 1. The number of methoxy groups -OCH3 is 2. The quantitative estimate of drug-likeness (QED) is 0.701. The van der Waals surface area contributed by atoms with E-state index in [1.165, 1.54) is 5.56 Å². The second-order valence-electron chi connectivity index (χ2n) is 4.16. The molecule has 0 atom stereocenters. The van der Waals surface area contributed by atoms with Crippen molar-refractivity contribution < 1.29 is 9.47 Å². The first-order valence-corrected chi connectivity index (χ1v) is 6.67. The van der Waals surface area contributed by atoms with Crippen LogP contribution in [0.4, 0.5) is 0 Å². The summed E-state index contributed by atoms with van der Waals surface area (Å²) in [5.74, 6) is 0.810. The van der Waals surface area contributed by atoms with Crippen molar-refractivity contribution in [3.8, 4) is 5.75 Å². The van der Waals surface area contributed by atoms with E-state index in [9.17, 15) is 0 Å². The molecule has 1 N–H and O–H groups in total. The number of aryl methyl sites for hydroxylation is 1. The summed E-state index contributed by atoms with van der Waals surface area (Å²) in [6.07, 6.45) is 3.28. The van der Waals surface area contributed by atoms with Gasteiger partial charge in [0.15, 0.2) is 0 Å². The fourth-order valence-electron chi connectivity index (χ4n) is 1.72. The third kappa shape index (κ3) is 5.71. The van der Waals surface area contributed by atoms with Crippen LogP contribution in [0.1, 0.15) is 18.4 Å². The van der Waals surface area contributed by atoms with Gasteiger partial charge in [-0.25, -0.2) is 0 Å². The minimum atomic E-state index is 0.768. The van der Waals surface area contributed by atoms with Gasteiger partial charge in [0.25, 0.3) is 0 Å². The van der Waals surface area contributed by atoms with E-state index in [-0.39, 0.29) is 0 Å². The number of hydrogen-bond acceptors (Lipinski definition) is 3. The van der Waals surface area contributed by atoms with E-state index in [0.717, 1.165) is 49.7 Å². The fraction of sp³-hybridized carbons (Fsp3) is 0.571. The van der Waals surface area contributed by atoms with Crippen LogP contribution in [0.3, 0.4) is 0 Å². The lowest BCUT2D eigenvalue weighted by atomic mass is 10.1. The molecule has 0 aliphatic carbocycles. The minimum absolute atomic E-state index is 0.768. The molecule has 0 bridgehead atoms. The van der Waals surface area contributed by atoms with Crippen LogP contribution in [0.25, 0.3) is 0 Å². The molecule has 0 spiro atoms. The molecular weight excluding hydrogens is 250 g/mol. The molecule has 1 aromatic rings. The Hall–Kier alpha value is -0.770. The third-order valence-electron chi connectivity index (χ3n) is 2.79. The second-order valence-corrected chi connectivity index (χ2v) is 4.56. The highest BCUT2D eigenvalue weighted by Crippen LogP contribution is 2.23. The fourth-order valence-corrected chi connectivity index (χ4v) is 1.99. The van der Waals surface area contributed by atoms with E-state index in [1.54, 1.807) is 14.2 Å². The van der Waals surface area contributed by atoms with Gasteiger partial charge in [-0.2, -0.15) is 0 Å². The Morgan fingerprint density at radius 2 is 2.00 bits per heavy atom. The highest BCUT2D eigenvalue weighted by Gasteiger charge is 2.02. The zero-order chi connectivity index (χ0) is 13.2. The number of nitrogens with one attached hydrogen (secondary N) is 1. The standard InChI is InChI=1S/C14H22ClNO2/c1-17-10-9-16-8-4-3-5-12-6-7-13(18-2)11-14(12)15/h6-7,11,16H,3-5,8-10H2,1-2H3. The van der Waals surface area contributed by atoms with Gasteiger partial charge in [-0.3, -0.25) is 0 Å². The van der Waals surface area contributed by atoms with Crippen LogP contribution < -0.4 is 10.1 Å². The summed E-state index contributed by atoms with van der Waals surface area (Å²) < 4.78 is 10.1. The molecule has 0 unspecified atom stereocenters. The summed E-state index contributed by atoms with van der Waals surface area (Å²) in [7, 11) is 3.37. The molecule has 0 fully saturated rings. The van der Waals surface area contributed by atoms with Gasteiger partial charge in [-0.05, 0) is 43.5 Å². The first-order chi connectivity index (χ1) is 8.77. The molecule has 0 radical (unpaired) electrons. The molecule has 3 nitrogen and oxygen atoms in total. The second kappa shape index (κ2) is 9.20. The Morgan fingerprint density at radius 3 is 2.67 bits per heavy atom. The zero-order valence-corrected chi connectivity index (χ0v) is 11.9. The van der Waals surface area contributed by atoms with Gasteiger partial charge >= 0.3 is 0 Å². The molecule has 0 aromatic heterocycles. The molecule has 0 saturated carbocycles. The first-order valence-electron chi connectivity index (χ1n) is 6.30. The van der Waals surface area contributed by atoms with Crippen LogP contribution in [0.2, 0.25) is 5.02 Å². The maximum atomic E-state index is 6.18. The van der Waals surface area contributed by atoms with Crippen molar-refractivity contribution in [3.05, 3.63) is 28.8 Å². The normalized spacial score (nSPS) is 10.6. The Labute approximate surface area is 114 Å². The predicted octanol–water partition coefficient (Wildman–Crippen LogP) is 2.91. The van der Waals surface area contributed by atoms with Gasteiger partial charge in [0, 0.05) is 18.7 Å². The first kappa shape index (κ1) is 15.3. The molecule has 0 saturated heterocycles. The Kier molecular flexibility index (Phi) is 7.81. The Bertz CT molecular complexity index is 345. The molecule has 0 amide bonds. The summed E-state index contributed by atoms with van der Waals surface area (Å²) in [5.41, 5.74) is 1.19. The van der Waals surface area contributed by atoms with Crippen molar-refractivity contribution >= 4 is 11.6 Å². The van der Waals surface area contributed by atoms with E-state index in [2.05, 4.69) is 5.32 Å². The molecule has 1 aromatic carbocycles. The van der Waals surface area contributed by atoms with Crippen LogP contribution in [0.15, 0.2) is 18.2 Å². The molecule has 0 heterocycles. The average molecular weight is 272 g/mol. The van der Waals surface area contributed by atoms with Crippen molar-refractivity contribution in [2.45, 2.75) is 19.3 Å². The van der Waals surface area contributed by atoms with E-state index >= 15 is 0 Å². The van der Waals surface area contributed by atoms with E-state index < -0.39 is 0 Å². The van der Waals surface area contributed by atoms with Gasteiger partial charge < -0.3 is 14.8 Å². The van der Waals surface area contributed by atoms with Crippen LogP contribution in [0, 0.1) is 0 Å². The number of ether oxygens (including phenoxy) is 2. The number of hydrogen-bond donors (Lipinski definition) is 1. The highest BCUT2D eigenvalue weighted by atomic mass is 35.5. The van der Waals surface area contributed by atoms with Crippen molar-refractivity contribution in [2.24, 2.45) is 0 Å². The Balaban J connectivity index is 2.19. The van der Waals surface area contributed by atoms with Crippen molar-refractivity contribution in [1.29, 1.82) is 0 Å². The van der Waals surface area contributed by atoms with Crippen molar-refractivity contribution in [1.82, 2.24) is 5.32 Å². The maximum absolute atomic E-state index is 6.18. The predicted molar refractivity (Wildman–Crippen MR) is 75.7 cm³/mol. The molecule has 1 rings (SSSR count). The monoisotopic (exact) mass is 271 g/mol. The van der Waals surface area contributed by atoms with Gasteiger partial charge in [0.05, 0.1) is 13.7 Å². The van der Waals surface area contributed by atoms with Crippen molar-refractivity contribution in [3.63, 3.8) is 0 Å². The lowest BCUT2D eigenvalue weighted by Gasteiger charge is -2.07. The summed E-state index contributed by atoms with van der Waals surface area (Å²) in [6, 6.07) is 5.87. The number of rotatable bonds is 9. The van der Waals surface area contributed by atoms with Gasteiger partial charge in [0.2, 0.25) is 0 Å². The Morgan fingerprint density at radius 1 is 1.17 bits per heavy atom. The highest BCUT2D eigenvalue weighted by molar-refractivity contribution is 6.31. The molecule has 102 valence electrons. The average Bonchev–Trinajstić information content (AvgIpc) is 2.39. The largest absolute Gasteiger partial charge is 0.497 e. The lowest BCUT2D eigenvalue weighted by Crippen LogP contribution is -2.20. The smallest absolute Gasteiger partial charge is 0.120 e. The molecule has 18 heavy (non-hydrogen) atoms. The summed E-state index contributed by atoms with van der Waals surface area (Å²) >= 11 is 6.18. The van der Waals surface area contributed by atoms with Crippen LogP contribution in [-0.4, -0.2) is 33.9 Å². The van der Waals surface area contributed by atoms with Crippen molar-refractivity contribution in [2.75, 3.05) is 33.9 Å². The molecule has 0 aliphatic heterocycles. The lowest BCUT2D eigenvalue weighted by molar-refractivity contribution is 0.199. The zero-order valence-electron chi connectivity index (χ0n) is 11.2. The summed E-state index contributed by atoms with van der Waals surface area (Å²) in [5, 5.41) is 4.12. The number of unbranched alkanes of at least 4 members (excludes halogenated alkanes) is 1. The molecular formula is C14H22ClNO2. The van der Waals surface area contributed by atoms with Crippen LogP contribution in [-0.2, 0) is 11.2 Å². The maximum Gasteiger partial charge on any atom is 0.120 e. The van der Waals surface area contributed by atoms with Gasteiger partial charge in [0.1, 0.15) is 5.75 Å². The SMILES string of the molecule is COCCNCCCCc1ccc(OC)cc1Cl. The minimum Gasteiger partial charge on any atom is -0.497 e. The molecule has 4 heteroatoms. The summed E-state index contributed by atoms with van der Waals surface area (Å²) in [4.78, 5) is 0. The van der Waals surface area contributed by atoms with E-state index in [0.29, 0.717) is 0 Å². The van der Waals surface area contributed by atoms with E-state index in [4.69, 9.17) is 21.1 Å². The third-order valence-corrected chi connectivity index (χ3v) is 3.14.